The van der Waals surface area contributed by atoms with Crippen LogP contribution < -0.4 is 5.32 Å². The maximum Gasteiger partial charge on any atom is 0.110 e. The summed E-state index contributed by atoms with van der Waals surface area (Å²) in [5.74, 6) is 0. The third-order valence-electron chi connectivity index (χ3n) is 2.72. The molecular weight excluding hydrogens is 308 g/mol. The second-order valence-electron chi connectivity index (χ2n) is 4.03. The number of thiophene rings is 1. The lowest BCUT2D eigenvalue weighted by atomic mass is 10.1. The SMILES string of the molecule is C[C@H](NCc1ccc(C#N)s1)c1ccc(Br)cc1. The van der Waals surface area contributed by atoms with Gasteiger partial charge in [-0.05, 0) is 36.8 Å². The van der Waals surface area contributed by atoms with Crippen LogP contribution in [0, 0.1) is 11.3 Å². The van der Waals surface area contributed by atoms with Crippen molar-refractivity contribution in [2.24, 2.45) is 0 Å². The zero-order valence-electron chi connectivity index (χ0n) is 9.98. The Hall–Kier alpha value is -1.15. The molecule has 0 aliphatic heterocycles. The van der Waals surface area contributed by atoms with Crippen molar-refractivity contribution in [2.45, 2.75) is 19.5 Å². The van der Waals surface area contributed by atoms with Crippen molar-refractivity contribution < 1.29 is 0 Å². The van der Waals surface area contributed by atoms with Gasteiger partial charge in [0.15, 0.2) is 0 Å². The van der Waals surface area contributed by atoms with Crippen LogP contribution >= 0.6 is 27.3 Å². The van der Waals surface area contributed by atoms with Gasteiger partial charge in [0.05, 0.1) is 0 Å². The summed E-state index contributed by atoms with van der Waals surface area (Å²) in [6.07, 6.45) is 0. The van der Waals surface area contributed by atoms with Crippen molar-refractivity contribution >= 4 is 27.3 Å². The molecule has 0 unspecified atom stereocenters. The highest BCUT2D eigenvalue weighted by Gasteiger charge is 2.05. The lowest BCUT2D eigenvalue weighted by Gasteiger charge is -2.13. The molecule has 0 aliphatic carbocycles. The Morgan fingerprint density at radius 2 is 2.00 bits per heavy atom. The van der Waals surface area contributed by atoms with Gasteiger partial charge < -0.3 is 5.32 Å². The van der Waals surface area contributed by atoms with Crippen molar-refractivity contribution in [2.75, 3.05) is 0 Å². The molecule has 1 heterocycles. The molecule has 1 N–H and O–H groups in total. The predicted octanol–water partition coefficient (Wildman–Crippen LogP) is 4.23. The van der Waals surface area contributed by atoms with Gasteiger partial charge in [-0.25, -0.2) is 0 Å². The van der Waals surface area contributed by atoms with E-state index in [0.29, 0.717) is 6.04 Å². The normalized spacial score (nSPS) is 12.1. The van der Waals surface area contributed by atoms with E-state index in [4.69, 9.17) is 5.26 Å². The summed E-state index contributed by atoms with van der Waals surface area (Å²) in [5.41, 5.74) is 1.26. The first-order chi connectivity index (χ1) is 8.69. The van der Waals surface area contributed by atoms with Gasteiger partial charge in [-0.3, -0.25) is 0 Å². The fraction of sp³-hybridized carbons (Fsp3) is 0.214. The first-order valence-corrected chi connectivity index (χ1v) is 7.27. The first kappa shape index (κ1) is 13.3. The van der Waals surface area contributed by atoms with Crippen LogP contribution in [0.5, 0.6) is 0 Å². The Morgan fingerprint density at radius 1 is 1.28 bits per heavy atom. The lowest BCUT2D eigenvalue weighted by Crippen LogP contribution is -2.17. The minimum Gasteiger partial charge on any atom is -0.305 e. The van der Waals surface area contributed by atoms with E-state index in [1.54, 1.807) is 11.3 Å². The molecule has 0 spiro atoms. The van der Waals surface area contributed by atoms with Crippen LogP contribution in [0.15, 0.2) is 40.9 Å². The van der Waals surface area contributed by atoms with Crippen molar-refractivity contribution in [1.82, 2.24) is 5.32 Å². The zero-order valence-corrected chi connectivity index (χ0v) is 12.4. The molecule has 0 saturated carbocycles. The average Bonchev–Trinajstić information content (AvgIpc) is 2.85. The van der Waals surface area contributed by atoms with Crippen LogP contribution in [0.4, 0.5) is 0 Å². The summed E-state index contributed by atoms with van der Waals surface area (Å²) < 4.78 is 1.09. The molecule has 2 aromatic rings. The third kappa shape index (κ3) is 3.42. The molecule has 0 bridgehead atoms. The molecule has 0 saturated heterocycles. The van der Waals surface area contributed by atoms with Gasteiger partial charge in [-0.15, -0.1) is 11.3 Å². The van der Waals surface area contributed by atoms with Crippen molar-refractivity contribution in [3.63, 3.8) is 0 Å². The summed E-state index contributed by atoms with van der Waals surface area (Å²) in [6, 6.07) is 14.6. The highest BCUT2D eigenvalue weighted by atomic mass is 79.9. The highest BCUT2D eigenvalue weighted by molar-refractivity contribution is 9.10. The second-order valence-corrected chi connectivity index (χ2v) is 6.12. The highest BCUT2D eigenvalue weighted by Crippen LogP contribution is 2.19. The maximum absolute atomic E-state index is 8.77. The molecule has 2 rings (SSSR count). The lowest BCUT2D eigenvalue weighted by molar-refractivity contribution is 0.579. The molecule has 1 aromatic heterocycles. The number of nitriles is 1. The van der Waals surface area contributed by atoms with Gasteiger partial charge in [0.2, 0.25) is 0 Å². The molecule has 92 valence electrons. The molecule has 1 aromatic carbocycles. The van der Waals surface area contributed by atoms with Gasteiger partial charge in [0, 0.05) is 21.9 Å². The van der Waals surface area contributed by atoms with Gasteiger partial charge in [-0.2, -0.15) is 5.26 Å². The summed E-state index contributed by atoms with van der Waals surface area (Å²) in [7, 11) is 0. The van der Waals surface area contributed by atoms with Gasteiger partial charge in [0.1, 0.15) is 10.9 Å². The quantitative estimate of drug-likeness (QED) is 0.914. The molecule has 0 radical (unpaired) electrons. The van der Waals surface area contributed by atoms with E-state index >= 15 is 0 Å². The largest absolute Gasteiger partial charge is 0.305 e. The van der Waals surface area contributed by atoms with Crippen LogP contribution in [0.25, 0.3) is 0 Å². The molecule has 0 amide bonds. The van der Waals surface area contributed by atoms with E-state index in [0.717, 1.165) is 15.9 Å². The molecule has 18 heavy (non-hydrogen) atoms. The molecule has 1 atom stereocenters. The molecule has 0 aliphatic rings. The van der Waals surface area contributed by atoms with Gasteiger partial charge in [0.25, 0.3) is 0 Å². The fourth-order valence-electron chi connectivity index (χ4n) is 1.66. The average molecular weight is 321 g/mol. The van der Waals surface area contributed by atoms with E-state index in [-0.39, 0.29) is 0 Å². The first-order valence-electron chi connectivity index (χ1n) is 5.66. The van der Waals surface area contributed by atoms with Gasteiger partial charge >= 0.3 is 0 Å². The number of nitrogens with zero attached hydrogens (tertiary/aromatic N) is 1. The van der Waals surface area contributed by atoms with Gasteiger partial charge in [-0.1, -0.05) is 28.1 Å². The third-order valence-corrected chi connectivity index (χ3v) is 4.24. The Labute approximate surface area is 119 Å². The van der Waals surface area contributed by atoms with Crippen LogP contribution in [-0.4, -0.2) is 0 Å². The number of hydrogen-bond acceptors (Lipinski definition) is 3. The zero-order chi connectivity index (χ0) is 13.0. The summed E-state index contributed by atoms with van der Waals surface area (Å²) >= 11 is 4.97. The standard InChI is InChI=1S/C14H13BrN2S/c1-10(11-2-4-12(15)5-3-11)17-9-14-7-6-13(8-16)18-14/h2-7,10,17H,9H2,1H3/t10-/m0/s1. The molecule has 0 fully saturated rings. The van der Waals surface area contributed by atoms with Crippen molar-refractivity contribution in [1.29, 1.82) is 5.26 Å². The van der Waals surface area contributed by atoms with E-state index in [2.05, 4.69) is 46.4 Å². The van der Waals surface area contributed by atoms with E-state index in [9.17, 15) is 0 Å². The maximum atomic E-state index is 8.77. The van der Waals surface area contributed by atoms with Crippen LogP contribution in [-0.2, 0) is 6.54 Å². The number of nitrogens with one attached hydrogen (secondary N) is 1. The van der Waals surface area contributed by atoms with Crippen LogP contribution in [0.1, 0.15) is 28.3 Å². The van der Waals surface area contributed by atoms with Crippen LogP contribution in [0.2, 0.25) is 0 Å². The molecular formula is C14H13BrN2S. The summed E-state index contributed by atoms with van der Waals surface area (Å²) in [6.45, 7) is 2.94. The number of rotatable bonds is 4. The fourth-order valence-corrected chi connectivity index (χ4v) is 2.68. The topological polar surface area (TPSA) is 35.8 Å². The Bertz CT molecular complexity index is 554. The molecule has 2 nitrogen and oxygen atoms in total. The number of hydrogen-bond donors (Lipinski definition) is 1. The van der Waals surface area contributed by atoms with E-state index < -0.39 is 0 Å². The van der Waals surface area contributed by atoms with Crippen molar-refractivity contribution in [3.05, 3.63) is 56.2 Å². The predicted molar refractivity (Wildman–Crippen MR) is 78.4 cm³/mol. The Kier molecular flexibility index (Phi) is 4.54. The monoisotopic (exact) mass is 320 g/mol. The Balaban J connectivity index is 1.94. The van der Waals surface area contributed by atoms with Crippen LogP contribution in [0.3, 0.4) is 0 Å². The van der Waals surface area contributed by atoms with E-state index in [1.165, 1.54) is 10.4 Å². The minimum absolute atomic E-state index is 0.297. The minimum atomic E-state index is 0.297. The second kappa shape index (κ2) is 6.14. The summed E-state index contributed by atoms with van der Waals surface area (Å²) in [4.78, 5) is 1.96. The summed E-state index contributed by atoms with van der Waals surface area (Å²) in [5, 5.41) is 12.2. The van der Waals surface area contributed by atoms with Crippen molar-refractivity contribution in [3.8, 4) is 6.07 Å². The smallest absolute Gasteiger partial charge is 0.110 e. The van der Waals surface area contributed by atoms with E-state index in [1.807, 2.05) is 24.3 Å². The molecule has 4 heteroatoms. The Morgan fingerprint density at radius 3 is 2.61 bits per heavy atom. The number of halogens is 1. The number of benzene rings is 1.